The first-order valence-corrected chi connectivity index (χ1v) is 40.7. The molecule has 0 saturated carbocycles. The van der Waals surface area contributed by atoms with E-state index in [-0.39, 0.29) is 29.5 Å². The summed E-state index contributed by atoms with van der Waals surface area (Å²) in [7, 11) is 0. The molecule has 110 heavy (non-hydrogen) atoms. The molecule has 0 spiro atoms. The van der Waals surface area contributed by atoms with Crippen molar-refractivity contribution in [2.45, 2.75) is 78.4 Å². The number of hydrogen-bond acceptors (Lipinski definition) is 4. The first-order chi connectivity index (χ1) is 54.4. The molecule has 26 aromatic rings. The molecule has 2 aliphatic heterocycles. The van der Waals surface area contributed by atoms with E-state index in [0.717, 1.165) is 38.5 Å². The summed E-state index contributed by atoms with van der Waals surface area (Å²) in [6.45, 7) is 0.724. The van der Waals surface area contributed by atoms with Gasteiger partial charge in [0.2, 0.25) is 0 Å². The highest BCUT2D eigenvalue weighted by atomic mass is 16.2. The first-order valence-electron chi connectivity index (χ1n) is 40.7. The highest BCUT2D eigenvalue weighted by Crippen LogP contribution is 2.92. The van der Waals surface area contributed by atoms with E-state index in [4.69, 9.17) is 0 Å². The first kappa shape index (κ1) is 50.1. The number of rotatable bonds is 15. The van der Waals surface area contributed by atoms with Gasteiger partial charge < -0.3 is 0 Å². The quantitative estimate of drug-likeness (QED) is 0.0582. The number of benzene rings is 20. The van der Waals surface area contributed by atoms with E-state index < -0.39 is 27.1 Å². The third-order valence-corrected chi connectivity index (χ3v) is 35.2. The maximum atomic E-state index is 14.8. The molecule has 39 rings (SSSR count). The average molecular weight is 1390 g/mol. The molecule has 13 aliphatic rings. The lowest BCUT2D eigenvalue weighted by atomic mass is 9.40. The van der Waals surface area contributed by atoms with Crippen LogP contribution in [0.2, 0.25) is 0 Å². The second kappa shape index (κ2) is 13.5. The van der Waals surface area contributed by atoms with Crippen molar-refractivity contribution in [3.05, 3.63) is 256 Å². The molecule has 11 aliphatic carbocycles. The van der Waals surface area contributed by atoms with Crippen LogP contribution in [0, 0.1) is 5.92 Å². The standard InChI is InChI=1S/C104H44N2O4/c107-96-37-24-10-11-25-38(37)97(108)105(96)30-16-14-28-100-81-71-61-51-46-42-41-43-45-44(42)49-57-53(46)62(61)73-77-67(57)69-59(49)60-50(45)58-56-48(43)55-54-47(41)52(51)63-64(54)74-75-65(55)66(56)76-78-68(58)70(60)80-79(69)89-87(77)101(82(73)81,29-15-17-31-106-98(109)39-26-12-13-27-40(39)99(106)110)93-91(100)92-94-95(93)104(89,36-22-8-3-9-23-36)90(80)88(78)103(94,33-35-20-6-2-7-21-35)86(76)85(75)102(92,84(74)83(100)72(63)71)32-34-18-4-1-5-19-34/h1-13,18-27,94H,14-17,28-33H2. The molecule has 6 nitrogen and oxygen atoms in total. The van der Waals surface area contributed by atoms with E-state index in [1.165, 1.54) is 16.7 Å². The Kier molecular flexibility index (Phi) is 6.17. The Morgan fingerprint density at radius 3 is 0.882 bits per heavy atom. The largest absolute Gasteiger partial charge is 0.274 e. The van der Waals surface area contributed by atoms with Crippen LogP contribution in [0.3, 0.4) is 0 Å². The Bertz CT molecular complexity index is 9370. The lowest BCUT2D eigenvalue weighted by Crippen LogP contribution is -2.57. The van der Waals surface area contributed by atoms with Crippen LogP contribution < -0.4 is 0 Å². The zero-order valence-corrected chi connectivity index (χ0v) is 58.5. The third kappa shape index (κ3) is 3.57. The van der Waals surface area contributed by atoms with E-state index in [1.807, 2.05) is 48.5 Å². The summed E-state index contributed by atoms with van der Waals surface area (Å²) in [6.07, 6.45) is 6.38. The third-order valence-electron chi connectivity index (χ3n) is 35.2. The highest BCUT2D eigenvalue weighted by Gasteiger charge is 2.82. The number of nitrogens with zero attached hydrogens (tertiary/aromatic N) is 2. The monoisotopic (exact) mass is 1380 g/mol. The van der Waals surface area contributed by atoms with Crippen molar-refractivity contribution in [2.75, 3.05) is 13.1 Å². The Labute approximate surface area is 617 Å². The van der Waals surface area contributed by atoms with Gasteiger partial charge >= 0.3 is 0 Å². The van der Waals surface area contributed by atoms with E-state index >= 15 is 0 Å². The van der Waals surface area contributed by atoms with Gasteiger partial charge in [0.25, 0.3) is 23.6 Å². The Hall–Kier alpha value is -12.6. The van der Waals surface area contributed by atoms with Gasteiger partial charge in [-0.1, -0.05) is 128 Å². The fourth-order valence-corrected chi connectivity index (χ4v) is 33.8. The summed E-state index contributed by atoms with van der Waals surface area (Å²) < 4.78 is 0. The number of carbonyl (C=O) groups excluding carboxylic acids is 4. The summed E-state index contributed by atoms with van der Waals surface area (Å²) in [5.41, 5.74) is 26.2. The molecule has 0 radical (unpaired) electrons. The number of imide groups is 2. The molecular formula is C104H44N2O4. The van der Waals surface area contributed by atoms with Gasteiger partial charge in [-0.25, -0.2) is 0 Å². The van der Waals surface area contributed by atoms with Crippen LogP contribution >= 0.6 is 0 Å². The van der Waals surface area contributed by atoms with E-state index in [1.54, 1.807) is 303 Å². The molecule has 0 saturated heterocycles. The molecule has 4 amide bonds. The van der Waals surface area contributed by atoms with Crippen LogP contribution in [0.25, 0.3) is 215 Å². The smallest absolute Gasteiger partial charge is 0.261 e. The lowest BCUT2D eigenvalue weighted by molar-refractivity contribution is 0.0635. The molecule has 26 aromatic carbocycles. The van der Waals surface area contributed by atoms with E-state index in [2.05, 4.69) is 91.0 Å². The van der Waals surface area contributed by atoms with Gasteiger partial charge in [-0.2, -0.15) is 0 Å². The summed E-state index contributed by atoms with van der Waals surface area (Å²) in [4.78, 5) is 62.3. The highest BCUT2D eigenvalue weighted by molar-refractivity contribution is 6.77. The van der Waals surface area contributed by atoms with Crippen molar-refractivity contribution in [3.63, 3.8) is 0 Å². The molecule has 0 bridgehead atoms. The van der Waals surface area contributed by atoms with Crippen LogP contribution in [-0.4, -0.2) is 46.5 Å². The zero-order valence-electron chi connectivity index (χ0n) is 58.5. The summed E-state index contributed by atoms with van der Waals surface area (Å²) in [5, 5.41) is 62.7. The predicted molar refractivity (Wildman–Crippen MR) is 437 cm³/mol. The van der Waals surface area contributed by atoms with Crippen LogP contribution in [0.1, 0.15) is 152 Å². The number of carbonyl (C=O) groups is 4. The SMILES string of the molecule is O=C1c2ccccc2C(=O)N1CCCCC12C3=C4C5C6=C3C3(CCCCN7C(=O)c8ccccc8C7=O)c7c1c1c8c2c2c9c%10c(c%11c%12c%13c(c%14c%15c%16c(c3c3c7c7c1c1c%17c8c9c8c9c%10c%12c%10c%12c%13c%15c%13c%15c%16c3c3c7c1c1c(c%178)c(c9%10)c(c%13%12)c1c3%15)C6%14c1ccccc1)C%115Cc1ccccc1)C42Cc1ccccc1. The second-order valence-corrected chi connectivity index (χ2v) is 37.4. The summed E-state index contributed by atoms with van der Waals surface area (Å²) in [5.74, 6) is -0.748. The van der Waals surface area contributed by atoms with Crippen molar-refractivity contribution in [3.8, 4) is 0 Å². The Morgan fingerprint density at radius 1 is 0.245 bits per heavy atom. The van der Waals surface area contributed by atoms with Gasteiger partial charge in [0.05, 0.1) is 27.7 Å². The minimum absolute atomic E-state index is 0.0716. The van der Waals surface area contributed by atoms with Gasteiger partial charge in [-0.05, 0) is 373 Å². The van der Waals surface area contributed by atoms with Crippen molar-refractivity contribution in [1.82, 2.24) is 9.80 Å². The molecule has 0 aromatic heterocycles. The molecule has 494 valence electrons. The van der Waals surface area contributed by atoms with Gasteiger partial charge in [-0.15, -0.1) is 0 Å². The average Bonchev–Trinajstić information content (AvgIpc) is 1.37. The number of allylic oxidation sites excluding steroid dienone is 4. The lowest BCUT2D eigenvalue weighted by Gasteiger charge is -2.60. The van der Waals surface area contributed by atoms with Gasteiger partial charge in [0, 0.05) is 40.7 Å². The maximum absolute atomic E-state index is 14.8. The number of hydrogen-bond donors (Lipinski definition) is 0. The molecule has 6 atom stereocenters. The van der Waals surface area contributed by atoms with Gasteiger partial charge in [-0.3, -0.25) is 29.0 Å². The molecule has 0 N–H and O–H groups in total. The number of fused-ring (bicyclic) bond motifs is 2. The van der Waals surface area contributed by atoms with Gasteiger partial charge in [0.15, 0.2) is 0 Å². The molecule has 6 heteroatoms. The fraction of sp³-hybridized carbons (Fsp3) is 0.154. The minimum Gasteiger partial charge on any atom is -0.274 e. The number of amides is 4. The van der Waals surface area contributed by atoms with Crippen molar-refractivity contribution < 1.29 is 19.2 Å². The molecular weight excluding hydrogens is 1340 g/mol. The van der Waals surface area contributed by atoms with Crippen LogP contribution in [0.5, 0.6) is 0 Å². The summed E-state index contributed by atoms with van der Waals surface area (Å²) in [6, 6.07) is 51.3. The van der Waals surface area contributed by atoms with E-state index in [0.29, 0.717) is 48.2 Å². The van der Waals surface area contributed by atoms with Crippen LogP contribution in [0.4, 0.5) is 0 Å². The Morgan fingerprint density at radius 2 is 0.509 bits per heavy atom. The number of unbranched alkanes of at least 4 members (excludes halogenated alkanes) is 2. The molecule has 0 fully saturated rings. The fourth-order valence-electron chi connectivity index (χ4n) is 33.8. The van der Waals surface area contributed by atoms with E-state index in [9.17, 15) is 19.2 Å². The summed E-state index contributed by atoms with van der Waals surface area (Å²) >= 11 is 0. The topological polar surface area (TPSA) is 74.8 Å². The van der Waals surface area contributed by atoms with Crippen LogP contribution in [-0.2, 0) is 39.9 Å². The van der Waals surface area contributed by atoms with Crippen molar-refractivity contribution in [2.24, 2.45) is 5.92 Å². The van der Waals surface area contributed by atoms with Gasteiger partial charge in [0.1, 0.15) is 0 Å². The molecule has 6 unspecified atom stereocenters. The normalized spacial score (nSPS) is 25.1. The van der Waals surface area contributed by atoms with Crippen LogP contribution in [0.15, 0.2) is 162 Å². The predicted octanol–water partition coefficient (Wildman–Crippen LogP) is 22.4. The Balaban J connectivity index is 0.806. The minimum atomic E-state index is -0.710. The molecule has 2 heterocycles. The zero-order chi connectivity index (χ0) is 69.1. The van der Waals surface area contributed by atoms with Crippen molar-refractivity contribution >= 4 is 239 Å². The maximum Gasteiger partial charge on any atom is 0.261 e. The second-order valence-electron chi connectivity index (χ2n) is 37.4. The van der Waals surface area contributed by atoms with Crippen molar-refractivity contribution in [1.29, 1.82) is 0 Å².